The molecule has 0 spiro atoms. The molecule has 0 aromatic heterocycles. The van der Waals surface area contributed by atoms with Crippen molar-refractivity contribution in [1.29, 1.82) is 0 Å². The SMILES string of the molecule is CC(C)(C)ONCc1cccc([N+](=O)[O-])c1Br. The van der Waals surface area contributed by atoms with Gasteiger partial charge in [0.15, 0.2) is 0 Å². The van der Waals surface area contributed by atoms with Gasteiger partial charge in [0.2, 0.25) is 0 Å². The first-order valence-corrected chi connectivity index (χ1v) is 5.93. The van der Waals surface area contributed by atoms with Crippen molar-refractivity contribution >= 4 is 21.6 Å². The maximum atomic E-state index is 10.7. The fraction of sp³-hybridized carbons (Fsp3) is 0.455. The Bertz CT molecular complexity index is 416. The summed E-state index contributed by atoms with van der Waals surface area (Å²) in [7, 11) is 0. The molecule has 94 valence electrons. The molecule has 0 saturated carbocycles. The predicted octanol–water partition coefficient (Wildman–Crippen LogP) is 3.18. The van der Waals surface area contributed by atoms with Gasteiger partial charge in [-0.15, -0.1) is 0 Å². The van der Waals surface area contributed by atoms with Crippen LogP contribution in [0.25, 0.3) is 0 Å². The van der Waals surface area contributed by atoms with Crippen LogP contribution in [0.2, 0.25) is 0 Å². The third-order valence-corrected chi connectivity index (χ3v) is 2.81. The summed E-state index contributed by atoms with van der Waals surface area (Å²) in [6, 6.07) is 4.91. The number of hydrogen-bond acceptors (Lipinski definition) is 4. The Morgan fingerprint density at radius 1 is 1.47 bits per heavy atom. The second kappa shape index (κ2) is 5.57. The minimum Gasteiger partial charge on any atom is -0.296 e. The summed E-state index contributed by atoms with van der Waals surface area (Å²) < 4.78 is 0.481. The highest BCUT2D eigenvalue weighted by atomic mass is 79.9. The van der Waals surface area contributed by atoms with Gasteiger partial charge in [-0.25, -0.2) is 0 Å². The van der Waals surface area contributed by atoms with Gasteiger partial charge in [-0.3, -0.25) is 15.0 Å². The molecule has 0 bridgehead atoms. The number of hydrogen-bond donors (Lipinski definition) is 1. The van der Waals surface area contributed by atoms with E-state index in [2.05, 4.69) is 21.4 Å². The zero-order valence-electron chi connectivity index (χ0n) is 9.99. The summed E-state index contributed by atoms with van der Waals surface area (Å²) >= 11 is 3.23. The van der Waals surface area contributed by atoms with Crippen LogP contribution in [0.4, 0.5) is 5.69 Å². The van der Waals surface area contributed by atoms with Gasteiger partial charge >= 0.3 is 0 Å². The highest BCUT2D eigenvalue weighted by Crippen LogP contribution is 2.28. The first kappa shape index (κ1) is 14.1. The first-order chi connectivity index (χ1) is 7.81. The average Bonchev–Trinajstić information content (AvgIpc) is 2.18. The number of benzene rings is 1. The first-order valence-electron chi connectivity index (χ1n) is 5.14. The van der Waals surface area contributed by atoms with E-state index in [4.69, 9.17) is 4.84 Å². The van der Waals surface area contributed by atoms with Crippen molar-refractivity contribution in [2.75, 3.05) is 0 Å². The number of hydroxylamine groups is 1. The summed E-state index contributed by atoms with van der Waals surface area (Å²) in [6.45, 7) is 6.16. The number of nitro groups is 1. The van der Waals surface area contributed by atoms with Crippen LogP contribution in [0.5, 0.6) is 0 Å². The lowest BCUT2D eigenvalue weighted by Gasteiger charge is -2.19. The highest BCUT2D eigenvalue weighted by Gasteiger charge is 2.15. The molecular weight excluding hydrogens is 288 g/mol. The third kappa shape index (κ3) is 4.41. The van der Waals surface area contributed by atoms with Crippen molar-refractivity contribution in [3.05, 3.63) is 38.3 Å². The topological polar surface area (TPSA) is 64.4 Å². The summed E-state index contributed by atoms with van der Waals surface area (Å²) in [6.07, 6.45) is 0. The molecule has 0 aliphatic carbocycles. The molecule has 0 heterocycles. The summed E-state index contributed by atoms with van der Waals surface area (Å²) in [5, 5.41) is 10.7. The highest BCUT2D eigenvalue weighted by molar-refractivity contribution is 9.10. The van der Waals surface area contributed by atoms with E-state index in [1.165, 1.54) is 6.07 Å². The van der Waals surface area contributed by atoms with E-state index in [0.717, 1.165) is 5.56 Å². The second-order valence-corrected chi connectivity index (χ2v) is 5.34. The molecule has 0 aliphatic rings. The van der Waals surface area contributed by atoms with Gasteiger partial charge in [0.05, 0.1) is 15.0 Å². The van der Waals surface area contributed by atoms with Crippen LogP contribution in [0, 0.1) is 10.1 Å². The van der Waals surface area contributed by atoms with Crippen LogP contribution in [0.15, 0.2) is 22.7 Å². The van der Waals surface area contributed by atoms with Gasteiger partial charge in [0.25, 0.3) is 5.69 Å². The van der Waals surface area contributed by atoms with Crippen molar-refractivity contribution in [3.63, 3.8) is 0 Å². The molecule has 0 unspecified atom stereocenters. The Hall–Kier alpha value is -0.980. The average molecular weight is 303 g/mol. The summed E-state index contributed by atoms with van der Waals surface area (Å²) in [5.41, 5.74) is 3.33. The van der Waals surface area contributed by atoms with Gasteiger partial charge in [-0.2, -0.15) is 5.48 Å². The van der Waals surface area contributed by atoms with Gasteiger partial charge < -0.3 is 0 Å². The number of nitro benzene ring substituents is 1. The van der Waals surface area contributed by atoms with Crippen LogP contribution in [-0.4, -0.2) is 10.5 Å². The van der Waals surface area contributed by atoms with Gasteiger partial charge in [0, 0.05) is 12.6 Å². The van der Waals surface area contributed by atoms with E-state index < -0.39 is 4.92 Å². The number of rotatable bonds is 4. The normalized spacial score (nSPS) is 11.5. The Morgan fingerprint density at radius 3 is 2.65 bits per heavy atom. The van der Waals surface area contributed by atoms with Crippen molar-refractivity contribution in [2.45, 2.75) is 32.9 Å². The van der Waals surface area contributed by atoms with E-state index in [-0.39, 0.29) is 11.3 Å². The Kier molecular flexibility index (Phi) is 4.62. The summed E-state index contributed by atoms with van der Waals surface area (Å²) in [5.74, 6) is 0. The molecule has 0 fully saturated rings. The van der Waals surface area contributed by atoms with E-state index in [0.29, 0.717) is 11.0 Å². The minimum atomic E-state index is -0.418. The lowest BCUT2D eigenvalue weighted by Crippen LogP contribution is -2.28. The largest absolute Gasteiger partial charge is 0.296 e. The zero-order chi connectivity index (χ0) is 13.1. The van der Waals surface area contributed by atoms with Crippen LogP contribution in [0.1, 0.15) is 26.3 Å². The molecule has 0 amide bonds. The molecule has 0 radical (unpaired) electrons. The second-order valence-electron chi connectivity index (χ2n) is 4.54. The lowest BCUT2D eigenvalue weighted by atomic mass is 10.2. The monoisotopic (exact) mass is 302 g/mol. The van der Waals surface area contributed by atoms with Crippen LogP contribution >= 0.6 is 15.9 Å². The molecule has 0 aliphatic heterocycles. The van der Waals surface area contributed by atoms with Crippen LogP contribution < -0.4 is 5.48 Å². The zero-order valence-corrected chi connectivity index (χ0v) is 11.6. The Morgan fingerprint density at radius 2 is 2.12 bits per heavy atom. The standard InChI is InChI=1S/C11H15BrN2O3/c1-11(2,3)17-13-7-8-5-4-6-9(10(8)12)14(15)16/h4-6,13H,7H2,1-3H3. The smallest absolute Gasteiger partial charge is 0.283 e. The number of nitrogens with zero attached hydrogens (tertiary/aromatic N) is 1. The van der Waals surface area contributed by atoms with Crippen LogP contribution in [-0.2, 0) is 11.4 Å². The Balaban J connectivity index is 2.72. The van der Waals surface area contributed by atoms with E-state index in [1.807, 2.05) is 20.8 Å². The molecular formula is C11H15BrN2O3. The van der Waals surface area contributed by atoms with E-state index in [9.17, 15) is 10.1 Å². The fourth-order valence-corrected chi connectivity index (χ4v) is 1.72. The van der Waals surface area contributed by atoms with Crippen molar-refractivity contribution in [2.24, 2.45) is 0 Å². The molecule has 5 nitrogen and oxygen atoms in total. The van der Waals surface area contributed by atoms with Gasteiger partial charge in [-0.1, -0.05) is 12.1 Å². The lowest BCUT2D eigenvalue weighted by molar-refractivity contribution is -0.385. The maximum absolute atomic E-state index is 10.7. The van der Waals surface area contributed by atoms with Crippen molar-refractivity contribution < 1.29 is 9.76 Å². The van der Waals surface area contributed by atoms with Crippen molar-refractivity contribution in [3.8, 4) is 0 Å². The maximum Gasteiger partial charge on any atom is 0.283 e. The number of nitrogens with one attached hydrogen (secondary N) is 1. The number of halogens is 1. The van der Waals surface area contributed by atoms with E-state index >= 15 is 0 Å². The minimum absolute atomic E-state index is 0.0556. The molecule has 0 saturated heterocycles. The quantitative estimate of drug-likeness (QED) is 0.685. The molecule has 6 heteroatoms. The molecule has 1 aromatic carbocycles. The van der Waals surface area contributed by atoms with Crippen molar-refractivity contribution in [1.82, 2.24) is 5.48 Å². The molecule has 1 aromatic rings. The fourth-order valence-electron chi connectivity index (χ4n) is 1.17. The van der Waals surface area contributed by atoms with Gasteiger partial charge in [-0.05, 0) is 42.3 Å². The van der Waals surface area contributed by atoms with Gasteiger partial charge in [0.1, 0.15) is 0 Å². The molecule has 1 rings (SSSR count). The molecule has 1 N–H and O–H groups in total. The molecule has 0 atom stereocenters. The van der Waals surface area contributed by atoms with E-state index in [1.54, 1.807) is 12.1 Å². The van der Waals surface area contributed by atoms with Crippen LogP contribution in [0.3, 0.4) is 0 Å². The third-order valence-electron chi connectivity index (χ3n) is 1.90. The molecule has 17 heavy (non-hydrogen) atoms. The summed E-state index contributed by atoms with van der Waals surface area (Å²) in [4.78, 5) is 15.7. The Labute approximate surface area is 108 Å². The predicted molar refractivity (Wildman–Crippen MR) is 68.5 cm³/mol.